The summed E-state index contributed by atoms with van der Waals surface area (Å²) >= 11 is 0. The molecule has 1 fully saturated rings. The molecule has 5 heteroatoms. The van der Waals surface area contributed by atoms with E-state index in [9.17, 15) is 4.79 Å². The lowest BCUT2D eigenvalue weighted by molar-refractivity contribution is -0.148. The highest BCUT2D eigenvalue weighted by Crippen LogP contribution is 2.11. The Morgan fingerprint density at radius 2 is 1.45 bits per heavy atom. The van der Waals surface area contributed by atoms with Gasteiger partial charge < -0.3 is 4.74 Å². The van der Waals surface area contributed by atoms with Crippen LogP contribution in [0.25, 0.3) is 0 Å². The predicted octanol–water partition coefficient (Wildman–Crippen LogP) is 2.85. The van der Waals surface area contributed by atoms with Gasteiger partial charge in [0.2, 0.25) is 0 Å². The van der Waals surface area contributed by atoms with E-state index in [-0.39, 0.29) is 5.97 Å². The third-order valence-corrected chi connectivity index (χ3v) is 3.91. The third-order valence-electron chi connectivity index (χ3n) is 3.91. The molecule has 0 spiro atoms. The maximum absolute atomic E-state index is 11.2. The summed E-state index contributed by atoms with van der Waals surface area (Å²) < 4.78 is 5.19. The fourth-order valence-electron chi connectivity index (χ4n) is 2.73. The van der Waals surface area contributed by atoms with Crippen LogP contribution >= 0.6 is 0 Å². The minimum Gasteiger partial charge on any atom is -0.446 e. The molecule has 1 aliphatic heterocycles. The summed E-state index contributed by atoms with van der Waals surface area (Å²) in [6.45, 7) is 13.3. The van der Waals surface area contributed by atoms with Crippen molar-refractivity contribution < 1.29 is 9.53 Å². The van der Waals surface area contributed by atoms with Gasteiger partial charge in [0.25, 0.3) is 0 Å². The minimum atomic E-state index is -0.347. The summed E-state index contributed by atoms with van der Waals surface area (Å²) in [5, 5.41) is 0. The van der Waals surface area contributed by atoms with Gasteiger partial charge in [0.1, 0.15) is 6.73 Å². The zero-order valence-corrected chi connectivity index (χ0v) is 14.4. The monoisotopic (exact) mass is 311 g/mol. The van der Waals surface area contributed by atoms with Gasteiger partial charge in [-0.2, -0.15) is 0 Å². The van der Waals surface area contributed by atoms with E-state index in [1.54, 1.807) is 0 Å². The number of nitrogens with zero attached hydrogens (tertiary/aromatic N) is 3. The average Bonchev–Trinajstić information content (AvgIpc) is 2.53. The summed E-state index contributed by atoms with van der Waals surface area (Å²) in [6.07, 6.45) is 8.74. The number of hydrogen-bond acceptors (Lipinski definition) is 5. The summed E-state index contributed by atoms with van der Waals surface area (Å²) in [4.78, 5) is 18.3. The molecule has 0 aromatic rings. The molecule has 0 aromatic heterocycles. The van der Waals surface area contributed by atoms with Gasteiger partial charge in [-0.1, -0.05) is 46.1 Å². The van der Waals surface area contributed by atoms with Crippen LogP contribution in [0, 0.1) is 0 Å². The highest BCUT2D eigenvalue weighted by molar-refractivity contribution is 5.81. The van der Waals surface area contributed by atoms with Crippen molar-refractivity contribution in [1.82, 2.24) is 14.7 Å². The number of carbonyl (C=O) groups is 1. The van der Waals surface area contributed by atoms with Crippen LogP contribution in [0.2, 0.25) is 0 Å². The van der Waals surface area contributed by atoms with Crippen LogP contribution in [0.1, 0.15) is 52.4 Å². The molecule has 0 unspecified atom stereocenters. The van der Waals surface area contributed by atoms with Gasteiger partial charge in [-0.05, 0) is 12.8 Å². The fraction of sp³-hybridized carbons (Fsp3) is 0.824. The van der Waals surface area contributed by atoms with E-state index in [0.717, 1.165) is 33.1 Å². The molecule has 1 rings (SSSR count). The van der Waals surface area contributed by atoms with Crippen molar-refractivity contribution in [2.24, 2.45) is 0 Å². The Morgan fingerprint density at radius 3 is 1.91 bits per heavy atom. The number of esters is 1. The number of unbranched alkanes of at least 4 members (excludes halogenated alkanes) is 4. The van der Waals surface area contributed by atoms with Crippen LogP contribution in [-0.2, 0) is 9.53 Å². The van der Waals surface area contributed by atoms with Crippen molar-refractivity contribution in [1.29, 1.82) is 0 Å². The second kappa shape index (κ2) is 11.6. The lowest BCUT2D eigenvalue weighted by atomic mass is 10.2. The SMILES string of the molecule is C=CC(=O)OCN1CN(CCCCC)CN(CCCCC)C1. The molecule has 0 amide bonds. The van der Waals surface area contributed by atoms with Gasteiger partial charge in [-0.15, -0.1) is 0 Å². The van der Waals surface area contributed by atoms with Crippen LogP contribution in [-0.4, -0.2) is 60.5 Å². The molecule has 1 heterocycles. The first-order valence-electron chi connectivity index (χ1n) is 8.65. The van der Waals surface area contributed by atoms with Gasteiger partial charge in [0, 0.05) is 19.2 Å². The number of carbonyl (C=O) groups excluding carboxylic acids is 1. The minimum absolute atomic E-state index is 0.347. The number of hydrogen-bond donors (Lipinski definition) is 0. The molecular weight excluding hydrogens is 278 g/mol. The zero-order chi connectivity index (χ0) is 16.2. The van der Waals surface area contributed by atoms with Crippen molar-refractivity contribution in [3.63, 3.8) is 0 Å². The molecule has 128 valence electrons. The molecule has 0 atom stereocenters. The van der Waals surface area contributed by atoms with Crippen molar-refractivity contribution >= 4 is 5.97 Å². The van der Waals surface area contributed by atoms with Gasteiger partial charge in [-0.3, -0.25) is 9.80 Å². The van der Waals surface area contributed by atoms with Crippen LogP contribution in [0.3, 0.4) is 0 Å². The molecule has 0 aromatic carbocycles. The van der Waals surface area contributed by atoms with Gasteiger partial charge in [-0.25, -0.2) is 9.69 Å². The normalized spacial score (nSPS) is 17.5. The Hall–Kier alpha value is -0.910. The maximum Gasteiger partial charge on any atom is 0.331 e. The molecule has 0 radical (unpaired) electrons. The Bertz CT molecular complexity index is 305. The van der Waals surface area contributed by atoms with Crippen molar-refractivity contribution in [2.75, 3.05) is 39.8 Å². The smallest absolute Gasteiger partial charge is 0.331 e. The summed E-state index contributed by atoms with van der Waals surface area (Å²) in [7, 11) is 0. The van der Waals surface area contributed by atoms with Crippen molar-refractivity contribution in [3.8, 4) is 0 Å². The van der Waals surface area contributed by atoms with Crippen LogP contribution in [0.15, 0.2) is 12.7 Å². The first-order valence-corrected chi connectivity index (χ1v) is 8.65. The molecule has 5 nitrogen and oxygen atoms in total. The Balaban J connectivity index is 2.43. The van der Waals surface area contributed by atoms with Crippen molar-refractivity contribution in [2.45, 2.75) is 52.4 Å². The fourth-order valence-corrected chi connectivity index (χ4v) is 2.73. The highest BCUT2D eigenvalue weighted by Gasteiger charge is 2.23. The highest BCUT2D eigenvalue weighted by atomic mass is 16.5. The molecule has 1 aliphatic rings. The second-order valence-electron chi connectivity index (χ2n) is 6.09. The topological polar surface area (TPSA) is 36.0 Å². The second-order valence-corrected chi connectivity index (χ2v) is 6.09. The van der Waals surface area contributed by atoms with E-state index in [2.05, 4.69) is 35.1 Å². The van der Waals surface area contributed by atoms with Gasteiger partial charge in [0.05, 0.1) is 20.0 Å². The Morgan fingerprint density at radius 1 is 0.955 bits per heavy atom. The van der Waals surface area contributed by atoms with Gasteiger partial charge >= 0.3 is 5.97 Å². The van der Waals surface area contributed by atoms with Crippen LogP contribution < -0.4 is 0 Å². The summed E-state index contributed by atoms with van der Waals surface area (Å²) in [5.74, 6) is -0.347. The van der Waals surface area contributed by atoms with Crippen LogP contribution in [0.4, 0.5) is 0 Å². The Kier molecular flexibility index (Phi) is 10.1. The summed E-state index contributed by atoms with van der Waals surface area (Å²) in [5.41, 5.74) is 0. The number of ether oxygens (including phenoxy) is 1. The quantitative estimate of drug-likeness (QED) is 0.333. The lowest BCUT2D eigenvalue weighted by Crippen LogP contribution is -2.55. The molecule has 22 heavy (non-hydrogen) atoms. The zero-order valence-electron chi connectivity index (χ0n) is 14.4. The largest absolute Gasteiger partial charge is 0.446 e. The molecule has 0 aliphatic carbocycles. The summed E-state index contributed by atoms with van der Waals surface area (Å²) in [6, 6.07) is 0. The average molecular weight is 311 g/mol. The molecule has 1 saturated heterocycles. The van der Waals surface area contributed by atoms with E-state index >= 15 is 0 Å². The van der Waals surface area contributed by atoms with E-state index in [0.29, 0.717) is 6.73 Å². The van der Waals surface area contributed by atoms with E-state index in [1.165, 1.54) is 44.6 Å². The van der Waals surface area contributed by atoms with Crippen LogP contribution in [0.5, 0.6) is 0 Å². The predicted molar refractivity (Wildman–Crippen MR) is 90.1 cm³/mol. The maximum atomic E-state index is 11.2. The third kappa shape index (κ3) is 7.92. The standard InChI is InChI=1S/C17H33N3O2/c1-4-7-9-11-18-13-19(12-10-8-5-2)15-20(14-18)16-22-17(21)6-3/h6H,3-5,7-16H2,1-2H3. The van der Waals surface area contributed by atoms with Gasteiger partial charge in [0.15, 0.2) is 0 Å². The first kappa shape index (κ1) is 19.1. The Labute approximate surface area is 135 Å². The molecule has 0 bridgehead atoms. The molecular formula is C17H33N3O2. The van der Waals surface area contributed by atoms with E-state index < -0.39 is 0 Å². The van der Waals surface area contributed by atoms with E-state index in [1.807, 2.05) is 0 Å². The molecule has 0 saturated carbocycles. The lowest BCUT2D eigenvalue weighted by Gasteiger charge is -2.42. The number of rotatable bonds is 11. The van der Waals surface area contributed by atoms with Crippen molar-refractivity contribution in [3.05, 3.63) is 12.7 Å². The van der Waals surface area contributed by atoms with E-state index in [4.69, 9.17) is 4.74 Å². The molecule has 0 N–H and O–H groups in total. The first-order chi connectivity index (χ1) is 10.7.